The number of rotatable bonds is 6. The normalized spacial score (nSPS) is 15.3. The molecule has 1 aliphatic rings. The van der Waals surface area contributed by atoms with Crippen molar-refractivity contribution in [3.63, 3.8) is 0 Å². The molecule has 1 aliphatic heterocycles. The maximum Gasteiger partial charge on any atom is 0.243 e. The van der Waals surface area contributed by atoms with Gasteiger partial charge in [-0.05, 0) is 49.6 Å². The van der Waals surface area contributed by atoms with Crippen LogP contribution in [0.1, 0.15) is 24.8 Å². The molecule has 2 N–H and O–H groups in total. The van der Waals surface area contributed by atoms with E-state index in [2.05, 4.69) is 10.6 Å². The van der Waals surface area contributed by atoms with Crippen LogP contribution >= 0.6 is 0 Å². The molecule has 0 atom stereocenters. The molecule has 0 radical (unpaired) electrons. The lowest BCUT2D eigenvalue weighted by Gasteiger charge is -2.26. The zero-order valence-electron chi connectivity index (χ0n) is 15.4. The molecule has 144 valence electrons. The third-order valence-electron chi connectivity index (χ3n) is 4.63. The Kier molecular flexibility index (Phi) is 6.13. The third-order valence-corrected chi connectivity index (χ3v) is 6.67. The van der Waals surface area contributed by atoms with Gasteiger partial charge < -0.3 is 10.6 Å². The second kappa shape index (κ2) is 8.54. The number of para-hydroxylation sites is 1. The fourth-order valence-electron chi connectivity index (χ4n) is 3.14. The quantitative estimate of drug-likeness (QED) is 0.798. The smallest absolute Gasteiger partial charge is 0.243 e. The molecular formula is C20H25N3O3S. The average molecular weight is 388 g/mol. The Morgan fingerprint density at radius 1 is 1.00 bits per heavy atom. The summed E-state index contributed by atoms with van der Waals surface area (Å²) in [5, 5.41) is 5.80. The lowest BCUT2D eigenvalue weighted by Crippen LogP contribution is -2.36. The zero-order valence-corrected chi connectivity index (χ0v) is 16.3. The molecule has 0 bridgehead atoms. The van der Waals surface area contributed by atoms with Gasteiger partial charge in [0.1, 0.15) is 0 Å². The van der Waals surface area contributed by atoms with E-state index in [1.807, 2.05) is 30.3 Å². The number of carbonyl (C=O) groups is 1. The minimum Gasteiger partial charge on any atom is -0.376 e. The molecule has 2 aromatic rings. The van der Waals surface area contributed by atoms with Crippen molar-refractivity contribution in [3.05, 3.63) is 54.1 Å². The van der Waals surface area contributed by atoms with Crippen LogP contribution < -0.4 is 10.6 Å². The topological polar surface area (TPSA) is 78.5 Å². The van der Waals surface area contributed by atoms with E-state index in [1.165, 1.54) is 0 Å². The van der Waals surface area contributed by atoms with Crippen molar-refractivity contribution in [2.24, 2.45) is 0 Å². The largest absolute Gasteiger partial charge is 0.376 e. The van der Waals surface area contributed by atoms with Crippen molar-refractivity contribution >= 4 is 27.3 Å². The summed E-state index contributed by atoms with van der Waals surface area (Å²) in [6, 6.07) is 14.4. The highest BCUT2D eigenvalue weighted by Crippen LogP contribution is 2.26. The first-order valence-electron chi connectivity index (χ1n) is 9.16. The van der Waals surface area contributed by atoms with E-state index in [-0.39, 0.29) is 12.5 Å². The van der Waals surface area contributed by atoms with Gasteiger partial charge in [-0.15, -0.1) is 0 Å². The average Bonchev–Trinajstić information content (AvgIpc) is 2.68. The van der Waals surface area contributed by atoms with Crippen LogP contribution in [0.15, 0.2) is 53.4 Å². The molecule has 0 spiro atoms. The number of benzene rings is 2. The van der Waals surface area contributed by atoms with Crippen LogP contribution in [0.5, 0.6) is 0 Å². The highest BCUT2D eigenvalue weighted by atomic mass is 32.2. The van der Waals surface area contributed by atoms with Gasteiger partial charge in [0.05, 0.1) is 11.4 Å². The lowest BCUT2D eigenvalue weighted by molar-refractivity contribution is -0.114. The maximum atomic E-state index is 13.0. The van der Waals surface area contributed by atoms with Crippen molar-refractivity contribution in [3.8, 4) is 0 Å². The predicted molar refractivity (Wildman–Crippen MR) is 107 cm³/mol. The number of aryl methyl sites for hydroxylation is 1. The Labute approximate surface area is 160 Å². The van der Waals surface area contributed by atoms with Gasteiger partial charge in [0.25, 0.3) is 0 Å². The van der Waals surface area contributed by atoms with E-state index < -0.39 is 10.0 Å². The molecule has 7 heteroatoms. The van der Waals surface area contributed by atoms with Crippen molar-refractivity contribution in [1.29, 1.82) is 0 Å². The Morgan fingerprint density at radius 3 is 2.41 bits per heavy atom. The number of carbonyl (C=O) groups excluding carboxylic acids is 1. The summed E-state index contributed by atoms with van der Waals surface area (Å²) < 4.78 is 27.5. The SMILES string of the molecule is Cc1ccc(NCC(=O)Nc2ccccc2)cc1S(=O)(=O)N1CCCCC1. The number of hydrogen-bond acceptors (Lipinski definition) is 4. The van der Waals surface area contributed by atoms with E-state index in [4.69, 9.17) is 0 Å². The molecule has 3 rings (SSSR count). The summed E-state index contributed by atoms with van der Waals surface area (Å²) in [6.45, 7) is 2.99. The van der Waals surface area contributed by atoms with Crippen LogP contribution in [0.4, 0.5) is 11.4 Å². The molecule has 6 nitrogen and oxygen atoms in total. The minimum atomic E-state index is -3.51. The van der Waals surface area contributed by atoms with Crippen LogP contribution in [0.3, 0.4) is 0 Å². The molecule has 0 aromatic heterocycles. The molecule has 1 heterocycles. The molecule has 2 aromatic carbocycles. The predicted octanol–water partition coefficient (Wildman–Crippen LogP) is 3.22. The fraction of sp³-hybridized carbons (Fsp3) is 0.350. The number of nitrogens with one attached hydrogen (secondary N) is 2. The van der Waals surface area contributed by atoms with Crippen molar-refractivity contribution in [1.82, 2.24) is 4.31 Å². The fourth-order valence-corrected chi connectivity index (χ4v) is 4.91. The van der Waals surface area contributed by atoms with Gasteiger partial charge in [-0.3, -0.25) is 4.79 Å². The summed E-state index contributed by atoms with van der Waals surface area (Å²) in [5.74, 6) is -0.192. The number of piperidine rings is 1. The van der Waals surface area contributed by atoms with Crippen LogP contribution in [0.25, 0.3) is 0 Å². The van der Waals surface area contributed by atoms with Gasteiger partial charge in [0.2, 0.25) is 15.9 Å². The molecule has 0 saturated carbocycles. The summed E-state index contributed by atoms with van der Waals surface area (Å²) in [5.41, 5.74) is 2.04. The first kappa shape index (κ1) is 19.4. The summed E-state index contributed by atoms with van der Waals surface area (Å²) in [4.78, 5) is 12.4. The third kappa shape index (κ3) is 4.87. The second-order valence-electron chi connectivity index (χ2n) is 6.71. The Balaban J connectivity index is 1.68. The van der Waals surface area contributed by atoms with Crippen LogP contribution in [0.2, 0.25) is 0 Å². The second-order valence-corrected chi connectivity index (χ2v) is 8.62. The molecule has 1 fully saturated rings. The van der Waals surface area contributed by atoms with Crippen LogP contribution in [0, 0.1) is 6.92 Å². The number of hydrogen-bond donors (Lipinski definition) is 2. The zero-order chi connectivity index (χ0) is 19.3. The van der Waals surface area contributed by atoms with Gasteiger partial charge in [0.15, 0.2) is 0 Å². The minimum absolute atomic E-state index is 0.0567. The monoisotopic (exact) mass is 387 g/mol. The van der Waals surface area contributed by atoms with E-state index in [0.29, 0.717) is 29.2 Å². The van der Waals surface area contributed by atoms with E-state index >= 15 is 0 Å². The summed E-state index contributed by atoms with van der Waals surface area (Å²) >= 11 is 0. The van der Waals surface area contributed by atoms with E-state index in [1.54, 1.807) is 29.4 Å². The molecule has 1 amide bonds. The molecule has 0 aliphatic carbocycles. The molecule has 27 heavy (non-hydrogen) atoms. The van der Waals surface area contributed by atoms with Gasteiger partial charge in [-0.1, -0.05) is 30.7 Å². The first-order valence-corrected chi connectivity index (χ1v) is 10.6. The molecular weight excluding hydrogens is 362 g/mol. The van der Waals surface area contributed by atoms with Gasteiger partial charge in [-0.2, -0.15) is 4.31 Å². The number of nitrogens with zero attached hydrogens (tertiary/aromatic N) is 1. The number of anilines is 2. The highest BCUT2D eigenvalue weighted by molar-refractivity contribution is 7.89. The van der Waals surface area contributed by atoms with Crippen molar-refractivity contribution in [2.45, 2.75) is 31.1 Å². The lowest BCUT2D eigenvalue weighted by atomic mass is 10.2. The standard InChI is InChI=1S/C20H25N3O3S/c1-16-10-11-18(21-15-20(24)22-17-8-4-2-5-9-17)14-19(16)27(25,26)23-12-6-3-7-13-23/h2,4-5,8-11,14,21H,3,6-7,12-13,15H2,1H3,(H,22,24). The van der Waals surface area contributed by atoms with Gasteiger partial charge >= 0.3 is 0 Å². The Hall–Kier alpha value is -2.38. The summed E-state index contributed by atoms with van der Waals surface area (Å²) in [6.07, 6.45) is 2.87. The number of amides is 1. The van der Waals surface area contributed by atoms with Gasteiger partial charge in [0, 0.05) is 24.5 Å². The van der Waals surface area contributed by atoms with Crippen LogP contribution in [-0.2, 0) is 14.8 Å². The van der Waals surface area contributed by atoms with E-state index in [9.17, 15) is 13.2 Å². The molecule has 1 saturated heterocycles. The highest BCUT2D eigenvalue weighted by Gasteiger charge is 2.27. The van der Waals surface area contributed by atoms with Crippen LogP contribution in [-0.4, -0.2) is 38.3 Å². The summed E-state index contributed by atoms with van der Waals surface area (Å²) in [7, 11) is -3.51. The van der Waals surface area contributed by atoms with E-state index in [0.717, 1.165) is 24.9 Å². The van der Waals surface area contributed by atoms with Gasteiger partial charge in [-0.25, -0.2) is 8.42 Å². The first-order chi connectivity index (χ1) is 13.0. The molecule has 0 unspecified atom stereocenters. The van der Waals surface area contributed by atoms with Crippen molar-refractivity contribution in [2.75, 3.05) is 30.3 Å². The van der Waals surface area contributed by atoms with Crippen molar-refractivity contribution < 1.29 is 13.2 Å². The Bertz CT molecular complexity index is 892. The Morgan fingerprint density at radius 2 is 1.70 bits per heavy atom. The maximum absolute atomic E-state index is 13.0. The number of sulfonamides is 1.